The summed E-state index contributed by atoms with van der Waals surface area (Å²) in [4.78, 5) is 18.3. The van der Waals surface area contributed by atoms with Gasteiger partial charge in [0.25, 0.3) is 5.91 Å². The van der Waals surface area contributed by atoms with E-state index in [4.69, 9.17) is 21.1 Å². The molecule has 3 heterocycles. The first kappa shape index (κ1) is 32.9. The number of ether oxygens (including phenoxy) is 2. The molecule has 10 heteroatoms. The number of carbonyl (C=O) groups is 1. The van der Waals surface area contributed by atoms with E-state index in [1.165, 1.54) is 17.5 Å². The maximum atomic E-state index is 13.5. The molecule has 1 amide bonds. The molecule has 2 fully saturated rings. The van der Waals surface area contributed by atoms with Gasteiger partial charge in [0.2, 0.25) is 10.0 Å². The molecule has 2 aromatic rings. The molecule has 7 rings (SSSR count). The fraction of sp³-hybridized carbons (Fsp3) is 0.595. The number of aryl methyl sites for hydroxylation is 1. The van der Waals surface area contributed by atoms with Crippen LogP contribution >= 0.6 is 11.6 Å². The van der Waals surface area contributed by atoms with Crippen molar-refractivity contribution in [2.24, 2.45) is 17.8 Å². The van der Waals surface area contributed by atoms with Gasteiger partial charge in [0.05, 0.1) is 30.3 Å². The maximum Gasteiger partial charge on any atom is 0.264 e. The van der Waals surface area contributed by atoms with Crippen molar-refractivity contribution >= 4 is 33.2 Å². The lowest BCUT2D eigenvalue weighted by atomic mass is 9.68. The van der Waals surface area contributed by atoms with Gasteiger partial charge in [-0.3, -0.25) is 4.79 Å². The molecule has 254 valence electrons. The molecule has 3 aliphatic heterocycles. The van der Waals surface area contributed by atoms with E-state index in [9.17, 15) is 13.2 Å². The summed E-state index contributed by atoms with van der Waals surface area (Å²) in [5.41, 5.74) is 3.50. The van der Waals surface area contributed by atoms with Crippen molar-refractivity contribution in [2.75, 3.05) is 50.8 Å². The third kappa shape index (κ3) is 6.70. The summed E-state index contributed by atoms with van der Waals surface area (Å²) in [6, 6.07) is 11.6. The summed E-state index contributed by atoms with van der Waals surface area (Å²) in [7, 11) is -3.90. The zero-order chi connectivity index (χ0) is 32.8. The third-order valence-electron chi connectivity index (χ3n) is 11.7. The first-order valence-corrected chi connectivity index (χ1v) is 19.4. The van der Waals surface area contributed by atoms with Crippen molar-refractivity contribution in [1.29, 1.82) is 0 Å². The van der Waals surface area contributed by atoms with E-state index in [-0.39, 0.29) is 17.4 Å². The Balaban J connectivity index is 1.25. The van der Waals surface area contributed by atoms with Gasteiger partial charge in [0, 0.05) is 35.6 Å². The van der Waals surface area contributed by atoms with Crippen molar-refractivity contribution in [1.82, 2.24) is 9.62 Å². The Morgan fingerprint density at radius 3 is 2.72 bits per heavy atom. The normalized spacial score (nSPS) is 32.9. The van der Waals surface area contributed by atoms with Gasteiger partial charge >= 0.3 is 0 Å². The van der Waals surface area contributed by atoms with E-state index in [1.807, 2.05) is 25.1 Å². The number of carbonyl (C=O) groups excluding carboxylic acids is 1. The molecule has 1 spiro atoms. The largest absolute Gasteiger partial charge is 0.490 e. The van der Waals surface area contributed by atoms with Gasteiger partial charge in [-0.1, -0.05) is 36.7 Å². The van der Waals surface area contributed by atoms with Crippen LogP contribution in [0, 0.1) is 17.8 Å². The molecule has 0 aromatic heterocycles. The van der Waals surface area contributed by atoms with E-state index in [2.05, 4.69) is 38.8 Å². The highest BCUT2D eigenvalue weighted by molar-refractivity contribution is 7.90. The lowest BCUT2D eigenvalue weighted by molar-refractivity contribution is -0.0253. The number of rotatable bonds is 4. The lowest BCUT2D eigenvalue weighted by Gasteiger charge is -2.46. The Hall–Kier alpha value is -2.59. The van der Waals surface area contributed by atoms with Gasteiger partial charge in [0.1, 0.15) is 5.75 Å². The van der Waals surface area contributed by atoms with Gasteiger partial charge in [-0.25, -0.2) is 13.1 Å². The van der Waals surface area contributed by atoms with Crippen LogP contribution in [-0.4, -0.2) is 76.5 Å². The zero-order valence-electron chi connectivity index (χ0n) is 27.6. The van der Waals surface area contributed by atoms with Gasteiger partial charge in [-0.2, -0.15) is 0 Å². The second-order valence-corrected chi connectivity index (χ2v) is 17.1. The Morgan fingerprint density at radius 2 is 1.96 bits per heavy atom. The number of anilines is 1. The van der Waals surface area contributed by atoms with Crippen molar-refractivity contribution in [3.8, 4) is 5.75 Å². The summed E-state index contributed by atoms with van der Waals surface area (Å²) in [5.74, 6) is 0.710. The molecule has 6 atom stereocenters. The fourth-order valence-corrected chi connectivity index (χ4v) is 9.72. The van der Waals surface area contributed by atoms with Crippen LogP contribution in [0.25, 0.3) is 0 Å². The van der Waals surface area contributed by atoms with Crippen molar-refractivity contribution in [2.45, 2.75) is 75.6 Å². The number of benzene rings is 2. The lowest BCUT2D eigenvalue weighted by Crippen LogP contribution is -2.50. The number of hydrogen-bond donors (Lipinski definition) is 1. The van der Waals surface area contributed by atoms with Crippen molar-refractivity contribution in [3.05, 3.63) is 70.3 Å². The number of hydrogen-bond acceptors (Lipinski definition) is 7. The predicted octanol–water partition coefficient (Wildman–Crippen LogP) is 5.97. The van der Waals surface area contributed by atoms with E-state index < -0.39 is 21.2 Å². The molecule has 8 nitrogen and oxygen atoms in total. The zero-order valence-corrected chi connectivity index (χ0v) is 29.2. The van der Waals surface area contributed by atoms with Crippen LogP contribution in [0.4, 0.5) is 5.69 Å². The second-order valence-electron chi connectivity index (χ2n) is 14.6. The molecule has 47 heavy (non-hydrogen) atoms. The number of nitrogens with zero attached hydrogens (tertiary/aromatic N) is 2. The summed E-state index contributed by atoms with van der Waals surface area (Å²) < 4.78 is 42.4. The minimum Gasteiger partial charge on any atom is -0.490 e. The molecule has 1 saturated carbocycles. The summed E-state index contributed by atoms with van der Waals surface area (Å²) >= 11 is 6.45. The Kier molecular flexibility index (Phi) is 9.37. The summed E-state index contributed by atoms with van der Waals surface area (Å²) in [6.07, 6.45) is 11.4. The topological polar surface area (TPSA) is 88.2 Å². The van der Waals surface area contributed by atoms with Crippen molar-refractivity contribution in [3.63, 3.8) is 0 Å². The number of nitrogens with one attached hydrogen (secondary N) is 1. The Labute approximate surface area is 284 Å². The van der Waals surface area contributed by atoms with Crippen LogP contribution in [0.3, 0.4) is 0 Å². The SMILES string of the molecule is C[C@@H]1[C@@H](C)C/C=C/[C@H](OCCN2CCC2)[C@@H]2CC[C@H]2CN2C[C@@]3(CCCc4cc(Cl)ccc43)COc3ccc(cc32)C(=O)NS1(=O)=O. The smallest absolute Gasteiger partial charge is 0.264 e. The predicted molar refractivity (Wildman–Crippen MR) is 186 cm³/mol. The monoisotopic (exact) mass is 681 g/mol. The quantitative estimate of drug-likeness (QED) is 0.398. The Morgan fingerprint density at radius 1 is 1.11 bits per heavy atom. The molecule has 0 unspecified atom stereocenters. The van der Waals surface area contributed by atoms with Gasteiger partial charge in [-0.05, 0) is 124 Å². The van der Waals surface area contributed by atoms with Crippen LogP contribution < -0.4 is 14.4 Å². The first-order valence-electron chi connectivity index (χ1n) is 17.5. The van der Waals surface area contributed by atoms with Crippen LogP contribution in [0.15, 0.2) is 48.6 Å². The van der Waals surface area contributed by atoms with Crippen LogP contribution in [0.5, 0.6) is 5.75 Å². The maximum absolute atomic E-state index is 13.5. The average Bonchev–Trinajstić information content (AvgIpc) is 3.16. The fourth-order valence-electron chi connectivity index (χ4n) is 8.24. The van der Waals surface area contributed by atoms with E-state index >= 15 is 0 Å². The van der Waals surface area contributed by atoms with Crippen LogP contribution in [0.2, 0.25) is 5.02 Å². The van der Waals surface area contributed by atoms with E-state index in [0.717, 1.165) is 81.3 Å². The van der Waals surface area contributed by atoms with Crippen molar-refractivity contribution < 1.29 is 22.7 Å². The molecule has 0 radical (unpaired) electrons. The summed E-state index contributed by atoms with van der Waals surface area (Å²) in [6.45, 7) is 9.61. The molecular weight excluding hydrogens is 634 g/mol. The molecule has 2 aliphatic carbocycles. The molecular formula is C37H48ClN3O5S. The van der Waals surface area contributed by atoms with E-state index in [0.29, 0.717) is 37.0 Å². The molecule has 2 bridgehead atoms. The number of halogens is 1. The van der Waals surface area contributed by atoms with Crippen LogP contribution in [0.1, 0.15) is 73.9 Å². The first-order chi connectivity index (χ1) is 22.6. The molecule has 1 saturated heterocycles. The standard InChI is InChI=1S/C37H48ClN3O5S/c1-25-6-3-8-34(45-19-18-40-16-5-17-40)31-12-9-29(31)22-41-23-37(15-4-7-27-20-30(38)11-13-32(27)37)24-46-35-14-10-28(21-33(35)41)36(42)39-47(43,44)26(25)2/h3,8,10-11,13-14,20-21,25-26,29,31,34H,4-7,9,12,15-19,22-24H2,1-2H3,(H,39,42)/b8-3+/t25-,26+,29-,31+,34-,37-/m0/s1. The highest BCUT2D eigenvalue weighted by atomic mass is 35.5. The highest BCUT2D eigenvalue weighted by Gasteiger charge is 2.44. The number of allylic oxidation sites excluding steroid dienone is 1. The second kappa shape index (κ2) is 13.4. The number of sulfonamides is 1. The molecule has 5 aliphatic rings. The molecule has 1 N–H and O–H groups in total. The molecule has 2 aromatic carbocycles. The minimum atomic E-state index is -3.90. The van der Waals surface area contributed by atoms with E-state index in [1.54, 1.807) is 13.0 Å². The minimum absolute atomic E-state index is 0.0257. The third-order valence-corrected chi connectivity index (χ3v) is 13.8. The van der Waals surface area contributed by atoms with Crippen LogP contribution in [-0.2, 0) is 26.6 Å². The highest BCUT2D eigenvalue weighted by Crippen LogP contribution is 2.47. The summed E-state index contributed by atoms with van der Waals surface area (Å²) in [5, 5.41) is 0.00936. The Bertz CT molecular complexity index is 1630. The van der Waals surface area contributed by atoms with Gasteiger partial charge in [-0.15, -0.1) is 0 Å². The number of fused-ring (bicyclic) bond motifs is 4. The average molecular weight is 682 g/mol. The number of amides is 1. The van der Waals surface area contributed by atoms with Gasteiger partial charge in [0.15, 0.2) is 0 Å². The number of likely N-dealkylation sites (tertiary alicyclic amines) is 1. The van der Waals surface area contributed by atoms with Gasteiger partial charge < -0.3 is 19.3 Å².